The van der Waals surface area contributed by atoms with Gasteiger partial charge in [0.2, 0.25) is 0 Å². The molecule has 0 spiro atoms. The minimum atomic E-state index is -0.433. The van der Waals surface area contributed by atoms with Gasteiger partial charge in [-0.3, -0.25) is 25.1 Å². The summed E-state index contributed by atoms with van der Waals surface area (Å²) in [5.41, 5.74) is 8.04. The van der Waals surface area contributed by atoms with Gasteiger partial charge in [0.1, 0.15) is 5.69 Å². The summed E-state index contributed by atoms with van der Waals surface area (Å²) >= 11 is 1.59. The molecular formula is C24H20N4O2S. The van der Waals surface area contributed by atoms with Crippen molar-refractivity contribution in [1.82, 2.24) is 20.6 Å². The van der Waals surface area contributed by atoms with Crippen LogP contribution in [-0.2, 0) is 11.3 Å². The minimum Gasteiger partial charge on any atom is -0.268 e. The van der Waals surface area contributed by atoms with Gasteiger partial charge in [0.25, 0.3) is 11.8 Å². The zero-order valence-corrected chi connectivity index (χ0v) is 17.4. The maximum atomic E-state index is 12.2. The molecule has 0 fully saturated rings. The number of hydrogen-bond donors (Lipinski definition) is 2. The van der Waals surface area contributed by atoms with Crippen LogP contribution in [0.5, 0.6) is 0 Å². The van der Waals surface area contributed by atoms with Gasteiger partial charge in [0.15, 0.2) is 0 Å². The van der Waals surface area contributed by atoms with E-state index in [0.29, 0.717) is 12.1 Å². The molecule has 0 saturated heterocycles. The van der Waals surface area contributed by atoms with Crippen molar-refractivity contribution in [3.8, 4) is 10.6 Å². The Labute approximate surface area is 183 Å². The molecule has 0 aliphatic carbocycles. The van der Waals surface area contributed by atoms with Crippen molar-refractivity contribution in [2.75, 3.05) is 0 Å². The highest BCUT2D eigenvalue weighted by atomic mass is 32.1. The fourth-order valence-electron chi connectivity index (χ4n) is 3.00. The summed E-state index contributed by atoms with van der Waals surface area (Å²) in [6, 6.07) is 22.7. The van der Waals surface area contributed by atoms with Crippen LogP contribution in [0.3, 0.4) is 0 Å². The second-order valence-electron chi connectivity index (χ2n) is 6.74. The molecule has 31 heavy (non-hydrogen) atoms. The first-order valence-electron chi connectivity index (χ1n) is 9.68. The summed E-state index contributed by atoms with van der Waals surface area (Å²) in [7, 11) is 0. The number of carbonyl (C=O) groups is 2. The monoisotopic (exact) mass is 428 g/mol. The summed E-state index contributed by atoms with van der Waals surface area (Å²) in [4.78, 5) is 25.3. The lowest BCUT2D eigenvalue weighted by molar-refractivity contribution is -0.117. The Bertz CT molecular complexity index is 1180. The molecule has 2 aromatic heterocycles. The molecule has 0 bridgehead atoms. The second kappa shape index (κ2) is 9.69. The van der Waals surface area contributed by atoms with Crippen molar-refractivity contribution in [2.45, 2.75) is 6.54 Å². The molecule has 154 valence electrons. The summed E-state index contributed by atoms with van der Waals surface area (Å²) in [5, 5.41) is 6.71. The zero-order chi connectivity index (χ0) is 21.5. The van der Waals surface area contributed by atoms with Crippen LogP contribution in [0.15, 0.2) is 90.4 Å². The van der Waals surface area contributed by atoms with Crippen molar-refractivity contribution in [3.05, 3.63) is 107 Å². The van der Waals surface area contributed by atoms with Gasteiger partial charge in [-0.2, -0.15) is 5.10 Å². The number of carbonyl (C=O) groups excluding carboxylic acids is 2. The number of thiophene rings is 1. The van der Waals surface area contributed by atoms with E-state index in [1.54, 1.807) is 41.7 Å². The van der Waals surface area contributed by atoms with E-state index in [9.17, 15) is 9.59 Å². The third kappa shape index (κ3) is 5.34. The molecule has 4 rings (SSSR count). The van der Waals surface area contributed by atoms with Crippen LogP contribution in [0.2, 0.25) is 0 Å². The number of benzene rings is 2. The maximum Gasteiger partial charge on any atom is 0.269 e. The van der Waals surface area contributed by atoms with Crippen LogP contribution in [0.1, 0.15) is 21.5 Å². The number of nitrogens with one attached hydrogen (secondary N) is 2. The predicted octanol–water partition coefficient (Wildman–Crippen LogP) is 4.13. The molecule has 4 aromatic rings. The van der Waals surface area contributed by atoms with Gasteiger partial charge in [-0.05, 0) is 35.2 Å². The number of rotatable bonds is 6. The van der Waals surface area contributed by atoms with Gasteiger partial charge in [0.05, 0.1) is 11.4 Å². The molecule has 0 saturated carbocycles. The lowest BCUT2D eigenvalue weighted by atomic mass is 10.2. The number of hydrogen-bond acceptors (Lipinski definition) is 4. The highest BCUT2D eigenvalue weighted by Crippen LogP contribution is 2.27. The third-order valence-electron chi connectivity index (χ3n) is 4.48. The first kappa shape index (κ1) is 20.3. The number of amides is 2. The van der Waals surface area contributed by atoms with E-state index in [1.165, 1.54) is 6.08 Å². The normalized spacial score (nSPS) is 10.8. The van der Waals surface area contributed by atoms with Crippen LogP contribution in [-0.4, -0.2) is 21.6 Å². The molecule has 0 aliphatic heterocycles. The van der Waals surface area contributed by atoms with Crippen LogP contribution >= 0.6 is 11.3 Å². The Kier molecular flexibility index (Phi) is 6.35. The van der Waals surface area contributed by atoms with Crippen molar-refractivity contribution >= 4 is 29.2 Å². The van der Waals surface area contributed by atoms with Gasteiger partial charge in [-0.15, -0.1) is 11.3 Å². The molecule has 0 atom stereocenters. The molecule has 0 unspecified atom stereocenters. The molecular weight excluding hydrogens is 408 g/mol. The Morgan fingerprint density at radius 1 is 0.935 bits per heavy atom. The lowest BCUT2D eigenvalue weighted by Crippen LogP contribution is -2.40. The van der Waals surface area contributed by atoms with Crippen LogP contribution in [0.25, 0.3) is 16.6 Å². The third-order valence-corrected chi connectivity index (χ3v) is 5.36. The van der Waals surface area contributed by atoms with Crippen LogP contribution in [0, 0.1) is 0 Å². The topological polar surface area (TPSA) is 76.0 Å². The molecule has 2 heterocycles. The van der Waals surface area contributed by atoms with Gasteiger partial charge in [-0.1, -0.05) is 54.6 Å². The standard InChI is InChI=1S/C24H20N4O2S/c29-22(25-26-24(30)19-10-5-2-6-11-19)14-13-20-17-28(16-18-8-3-1-4-9-18)27-23(20)21-12-7-15-31-21/h1-15,17H,16H2,(H,25,29)(H,26,30)/b14-13+. The highest BCUT2D eigenvalue weighted by molar-refractivity contribution is 7.13. The molecule has 2 N–H and O–H groups in total. The average Bonchev–Trinajstić information content (AvgIpc) is 3.47. The van der Waals surface area contributed by atoms with E-state index in [-0.39, 0.29) is 5.91 Å². The first-order chi connectivity index (χ1) is 15.2. The fraction of sp³-hybridized carbons (Fsp3) is 0.0417. The van der Waals surface area contributed by atoms with E-state index in [4.69, 9.17) is 5.10 Å². The largest absolute Gasteiger partial charge is 0.269 e. The molecule has 0 aliphatic rings. The zero-order valence-electron chi connectivity index (χ0n) is 16.6. The van der Waals surface area contributed by atoms with Gasteiger partial charge >= 0.3 is 0 Å². The molecule has 2 aromatic carbocycles. The Morgan fingerprint density at radius 2 is 1.68 bits per heavy atom. The van der Waals surface area contributed by atoms with E-state index in [1.807, 2.05) is 64.8 Å². The van der Waals surface area contributed by atoms with Gasteiger partial charge < -0.3 is 0 Å². The lowest BCUT2D eigenvalue weighted by Gasteiger charge is -2.04. The Morgan fingerprint density at radius 3 is 2.39 bits per heavy atom. The summed E-state index contributed by atoms with van der Waals surface area (Å²) < 4.78 is 1.86. The SMILES string of the molecule is O=C(/C=C/c1cn(Cc2ccccc2)nc1-c1cccs1)NNC(=O)c1ccccc1. The molecule has 6 nitrogen and oxygen atoms in total. The molecule has 7 heteroatoms. The number of hydrazine groups is 1. The second-order valence-corrected chi connectivity index (χ2v) is 7.68. The van der Waals surface area contributed by atoms with Crippen LogP contribution < -0.4 is 10.9 Å². The smallest absolute Gasteiger partial charge is 0.268 e. The predicted molar refractivity (Wildman–Crippen MR) is 122 cm³/mol. The van der Waals surface area contributed by atoms with Crippen LogP contribution in [0.4, 0.5) is 0 Å². The Balaban J connectivity index is 1.46. The van der Waals surface area contributed by atoms with E-state index in [0.717, 1.165) is 21.7 Å². The van der Waals surface area contributed by atoms with E-state index >= 15 is 0 Å². The Hall–Kier alpha value is -3.97. The summed E-state index contributed by atoms with van der Waals surface area (Å²) in [5.74, 6) is -0.811. The van der Waals surface area contributed by atoms with E-state index in [2.05, 4.69) is 10.9 Å². The number of aromatic nitrogens is 2. The maximum absolute atomic E-state index is 12.2. The molecule has 0 radical (unpaired) electrons. The number of nitrogens with zero attached hydrogens (tertiary/aromatic N) is 2. The first-order valence-corrected chi connectivity index (χ1v) is 10.6. The van der Waals surface area contributed by atoms with Gasteiger partial charge in [0, 0.05) is 23.4 Å². The minimum absolute atomic E-state index is 0.377. The average molecular weight is 429 g/mol. The highest BCUT2D eigenvalue weighted by Gasteiger charge is 2.11. The fourth-order valence-corrected chi connectivity index (χ4v) is 3.73. The van der Waals surface area contributed by atoms with Crippen molar-refractivity contribution in [3.63, 3.8) is 0 Å². The van der Waals surface area contributed by atoms with Crippen molar-refractivity contribution in [2.24, 2.45) is 0 Å². The van der Waals surface area contributed by atoms with Gasteiger partial charge in [-0.25, -0.2) is 0 Å². The van der Waals surface area contributed by atoms with E-state index < -0.39 is 5.91 Å². The summed E-state index contributed by atoms with van der Waals surface area (Å²) in [6.07, 6.45) is 4.99. The summed E-state index contributed by atoms with van der Waals surface area (Å²) in [6.45, 7) is 0.631. The molecule has 2 amide bonds. The van der Waals surface area contributed by atoms with Crippen molar-refractivity contribution in [1.29, 1.82) is 0 Å². The quantitative estimate of drug-likeness (QED) is 0.358. The van der Waals surface area contributed by atoms with Crippen molar-refractivity contribution < 1.29 is 9.59 Å².